The summed E-state index contributed by atoms with van der Waals surface area (Å²) in [5.74, 6) is -1.03. The van der Waals surface area contributed by atoms with Gasteiger partial charge in [-0.25, -0.2) is 8.42 Å². The average molecular weight is 453 g/mol. The summed E-state index contributed by atoms with van der Waals surface area (Å²) in [7, 11) is -3.71. The molecule has 0 aromatic carbocycles. The molecule has 0 aromatic heterocycles. The zero-order valence-corrected chi connectivity index (χ0v) is 19.1. The summed E-state index contributed by atoms with van der Waals surface area (Å²) in [4.78, 5) is 0. The highest BCUT2D eigenvalue weighted by molar-refractivity contribution is 7.89. The van der Waals surface area contributed by atoms with Gasteiger partial charge in [-0.2, -0.15) is 17.5 Å². The first kappa shape index (κ1) is 24.3. The standard InChI is InChI=1S/C22H39F3N2O2S/c1-2-27(30(28,29)21-13-7-9-18(15-21)22(23,24)25)20-12-6-8-17(14-20)16-26-19-10-4-3-5-11-19/h17-21,26H,2-16H2,1H3. The smallest absolute Gasteiger partial charge is 0.314 e. The second-order valence-corrected chi connectivity index (χ2v) is 11.9. The molecule has 0 spiro atoms. The molecular weight excluding hydrogens is 413 g/mol. The predicted molar refractivity (Wildman–Crippen MR) is 114 cm³/mol. The van der Waals surface area contributed by atoms with Crippen LogP contribution in [-0.2, 0) is 10.0 Å². The lowest BCUT2D eigenvalue weighted by atomic mass is 9.85. The molecule has 3 aliphatic rings. The number of nitrogens with one attached hydrogen (secondary N) is 1. The van der Waals surface area contributed by atoms with Gasteiger partial charge in [-0.15, -0.1) is 0 Å². The largest absolute Gasteiger partial charge is 0.391 e. The van der Waals surface area contributed by atoms with Crippen molar-refractivity contribution in [2.75, 3.05) is 13.1 Å². The van der Waals surface area contributed by atoms with Gasteiger partial charge in [0.2, 0.25) is 10.0 Å². The van der Waals surface area contributed by atoms with Crippen molar-refractivity contribution < 1.29 is 21.6 Å². The third-order valence-corrected chi connectivity index (χ3v) is 10.1. The summed E-state index contributed by atoms with van der Waals surface area (Å²) in [6.07, 6.45) is 6.26. The van der Waals surface area contributed by atoms with Crippen LogP contribution in [-0.4, -0.2) is 49.3 Å². The van der Waals surface area contributed by atoms with E-state index >= 15 is 0 Å². The fourth-order valence-corrected chi connectivity index (χ4v) is 8.19. The molecule has 4 unspecified atom stereocenters. The fraction of sp³-hybridized carbons (Fsp3) is 1.00. The van der Waals surface area contributed by atoms with Crippen molar-refractivity contribution in [3.8, 4) is 0 Å². The highest BCUT2D eigenvalue weighted by atomic mass is 32.2. The van der Waals surface area contributed by atoms with E-state index in [0.717, 1.165) is 32.2 Å². The van der Waals surface area contributed by atoms with Crippen molar-refractivity contribution in [2.45, 2.75) is 114 Å². The fourth-order valence-electron chi connectivity index (χ4n) is 5.90. The molecule has 0 heterocycles. The number of sulfonamides is 1. The van der Waals surface area contributed by atoms with Crippen LogP contribution < -0.4 is 5.32 Å². The van der Waals surface area contributed by atoms with Crippen molar-refractivity contribution in [2.24, 2.45) is 11.8 Å². The summed E-state index contributed by atoms with van der Waals surface area (Å²) < 4.78 is 67.9. The van der Waals surface area contributed by atoms with Gasteiger partial charge in [0.25, 0.3) is 0 Å². The first-order chi connectivity index (χ1) is 14.2. The minimum Gasteiger partial charge on any atom is -0.314 e. The number of hydrogen-bond donors (Lipinski definition) is 1. The van der Waals surface area contributed by atoms with Crippen molar-refractivity contribution in [3.05, 3.63) is 0 Å². The maximum absolute atomic E-state index is 13.3. The molecule has 0 amide bonds. The Hall–Kier alpha value is -0.340. The summed E-state index contributed by atoms with van der Waals surface area (Å²) in [6.45, 7) is 3.10. The lowest BCUT2D eigenvalue weighted by Gasteiger charge is -2.40. The molecule has 3 fully saturated rings. The van der Waals surface area contributed by atoms with E-state index in [4.69, 9.17) is 0 Å². The molecular formula is C22H39F3N2O2S. The Balaban J connectivity index is 1.60. The minimum absolute atomic E-state index is 0.0555. The van der Waals surface area contributed by atoms with E-state index in [1.54, 1.807) is 4.31 Å². The summed E-state index contributed by atoms with van der Waals surface area (Å²) >= 11 is 0. The van der Waals surface area contributed by atoms with Gasteiger partial charge < -0.3 is 5.32 Å². The summed E-state index contributed by atoms with van der Waals surface area (Å²) in [6, 6.07) is 0.518. The van der Waals surface area contributed by atoms with Crippen LogP contribution in [0.15, 0.2) is 0 Å². The molecule has 1 N–H and O–H groups in total. The molecule has 8 heteroatoms. The van der Waals surface area contributed by atoms with Crippen LogP contribution in [0.4, 0.5) is 13.2 Å². The number of alkyl halides is 3. The maximum Gasteiger partial charge on any atom is 0.391 e. The zero-order chi connectivity index (χ0) is 21.8. The van der Waals surface area contributed by atoms with Gasteiger partial charge in [0.05, 0.1) is 11.2 Å². The predicted octanol–water partition coefficient (Wildman–Crippen LogP) is 5.24. The molecule has 0 bridgehead atoms. The highest BCUT2D eigenvalue weighted by Gasteiger charge is 2.47. The first-order valence-electron chi connectivity index (χ1n) is 12.0. The normalized spacial score (nSPS) is 32.4. The molecule has 30 heavy (non-hydrogen) atoms. The van der Waals surface area contributed by atoms with E-state index < -0.39 is 27.4 Å². The van der Waals surface area contributed by atoms with Gasteiger partial charge in [-0.05, 0) is 63.8 Å². The van der Waals surface area contributed by atoms with Gasteiger partial charge in [0, 0.05) is 18.6 Å². The first-order valence-corrected chi connectivity index (χ1v) is 13.5. The Bertz CT molecular complexity index is 635. The van der Waals surface area contributed by atoms with Crippen molar-refractivity contribution in [1.29, 1.82) is 0 Å². The van der Waals surface area contributed by atoms with Crippen molar-refractivity contribution >= 4 is 10.0 Å². The Labute approximate surface area is 180 Å². The second kappa shape index (κ2) is 10.5. The second-order valence-electron chi connectivity index (χ2n) is 9.71. The Morgan fingerprint density at radius 3 is 2.27 bits per heavy atom. The maximum atomic E-state index is 13.3. The molecule has 0 saturated heterocycles. The van der Waals surface area contributed by atoms with Crippen LogP contribution in [0, 0.1) is 11.8 Å². The van der Waals surface area contributed by atoms with E-state index in [0.29, 0.717) is 31.3 Å². The highest BCUT2D eigenvalue weighted by Crippen LogP contribution is 2.41. The van der Waals surface area contributed by atoms with Crippen LogP contribution in [0.25, 0.3) is 0 Å². The van der Waals surface area contributed by atoms with E-state index in [1.807, 2.05) is 6.92 Å². The molecule has 3 saturated carbocycles. The topological polar surface area (TPSA) is 49.4 Å². The number of halogens is 3. The van der Waals surface area contributed by atoms with Crippen molar-refractivity contribution in [1.82, 2.24) is 9.62 Å². The van der Waals surface area contributed by atoms with Gasteiger partial charge >= 0.3 is 6.18 Å². The van der Waals surface area contributed by atoms with E-state index in [9.17, 15) is 21.6 Å². The van der Waals surface area contributed by atoms with E-state index in [2.05, 4.69) is 5.32 Å². The summed E-state index contributed by atoms with van der Waals surface area (Å²) in [5.41, 5.74) is 0. The quantitative estimate of drug-likeness (QED) is 0.575. The van der Waals surface area contributed by atoms with Crippen LogP contribution in [0.1, 0.15) is 90.4 Å². The van der Waals surface area contributed by atoms with Crippen molar-refractivity contribution in [3.63, 3.8) is 0 Å². The molecule has 0 aliphatic heterocycles. The van der Waals surface area contributed by atoms with E-state index in [1.165, 1.54) is 32.1 Å². The van der Waals surface area contributed by atoms with Crippen LogP contribution >= 0.6 is 0 Å². The molecule has 3 aliphatic carbocycles. The zero-order valence-electron chi connectivity index (χ0n) is 18.3. The Morgan fingerprint density at radius 2 is 1.60 bits per heavy atom. The third kappa shape index (κ3) is 6.12. The van der Waals surface area contributed by atoms with E-state index in [-0.39, 0.29) is 18.9 Å². The van der Waals surface area contributed by atoms with Crippen LogP contribution in [0.5, 0.6) is 0 Å². The number of nitrogens with zero attached hydrogens (tertiary/aromatic N) is 1. The molecule has 3 rings (SSSR count). The third-order valence-electron chi connectivity index (χ3n) is 7.61. The summed E-state index contributed by atoms with van der Waals surface area (Å²) in [5, 5.41) is 2.81. The lowest BCUT2D eigenvalue weighted by Crippen LogP contribution is -2.49. The molecule has 4 nitrogen and oxygen atoms in total. The van der Waals surface area contributed by atoms with Gasteiger partial charge in [0.1, 0.15) is 0 Å². The monoisotopic (exact) mass is 452 g/mol. The molecule has 4 atom stereocenters. The number of hydrogen-bond acceptors (Lipinski definition) is 3. The molecule has 176 valence electrons. The SMILES string of the molecule is CCN(C1CCCC(CNC2CCCCC2)C1)S(=O)(=O)C1CCCC(C(F)(F)F)C1. The van der Waals surface area contributed by atoms with Crippen LogP contribution in [0.2, 0.25) is 0 Å². The van der Waals surface area contributed by atoms with Gasteiger partial charge in [-0.3, -0.25) is 0 Å². The Kier molecular flexibility index (Phi) is 8.52. The average Bonchev–Trinajstić information content (AvgIpc) is 2.73. The Morgan fingerprint density at radius 1 is 0.900 bits per heavy atom. The van der Waals surface area contributed by atoms with Gasteiger partial charge in [-0.1, -0.05) is 39.0 Å². The molecule has 0 radical (unpaired) electrons. The number of rotatable bonds is 7. The molecule has 0 aromatic rings. The lowest BCUT2D eigenvalue weighted by molar-refractivity contribution is -0.181. The van der Waals surface area contributed by atoms with Gasteiger partial charge in [0.15, 0.2) is 0 Å². The minimum atomic E-state index is -4.30. The van der Waals surface area contributed by atoms with Crippen LogP contribution in [0.3, 0.4) is 0 Å².